The van der Waals surface area contributed by atoms with E-state index >= 15 is 0 Å². The van der Waals surface area contributed by atoms with E-state index in [0.717, 1.165) is 30.0 Å². The molecule has 2 aromatic rings. The zero-order valence-corrected chi connectivity index (χ0v) is 9.33. The predicted octanol–water partition coefficient (Wildman–Crippen LogP) is 2.48. The number of benzene rings is 1. The molecule has 0 spiro atoms. The highest BCUT2D eigenvalue weighted by Gasteiger charge is 2.01. The van der Waals surface area contributed by atoms with Gasteiger partial charge in [0.05, 0.1) is 6.20 Å². The number of nitrogens with one attached hydrogen (secondary N) is 2. The van der Waals surface area contributed by atoms with Crippen molar-refractivity contribution in [2.45, 2.75) is 13.3 Å². The van der Waals surface area contributed by atoms with Gasteiger partial charge in [0.2, 0.25) is 0 Å². The molecule has 0 radical (unpaired) electrons. The summed E-state index contributed by atoms with van der Waals surface area (Å²) in [5.41, 5.74) is 7.75. The molecule has 4 nitrogen and oxygen atoms in total. The highest BCUT2D eigenvalue weighted by Crippen LogP contribution is 2.18. The van der Waals surface area contributed by atoms with Crippen molar-refractivity contribution in [2.24, 2.45) is 0 Å². The molecule has 0 unspecified atom stereocenters. The van der Waals surface area contributed by atoms with E-state index in [2.05, 4.69) is 22.2 Å². The van der Waals surface area contributed by atoms with Crippen LogP contribution in [0.5, 0.6) is 0 Å². The molecule has 0 aliphatic carbocycles. The summed E-state index contributed by atoms with van der Waals surface area (Å²) < 4.78 is 0. The average molecular weight is 216 g/mol. The van der Waals surface area contributed by atoms with Crippen molar-refractivity contribution in [3.05, 3.63) is 30.5 Å². The maximum atomic E-state index is 5.58. The molecule has 0 saturated heterocycles. The fraction of sp³-hybridized carbons (Fsp3) is 0.250. The Morgan fingerprint density at radius 1 is 1.31 bits per heavy atom. The van der Waals surface area contributed by atoms with E-state index in [0.29, 0.717) is 5.82 Å². The molecule has 2 rings (SSSR count). The topological polar surface area (TPSA) is 66.7 Å². The minimum absolute atomic E-state index is 0.586. The van der Waals surface area contributed by atoms with Crippen LogP contribution in [0, 0.1) is 0 Å². The second kappa shape index (κ2) is 4.70. The molecule has 1 aromatic carbocycles. The van der Waals surface area contributed by atoms with Gasteiger partial charge < -0.3 is 16.0 Å². The Balaban J connectivity index is 2.13. The Morgan fingerprint density at radius 3 is 2.62 bits per heavy atom. The highest BCUT2D eigenvalue weighted by molar-refractivity contribution is 5.61. The Hall–Kier alpha value is -1.97. The van der Waals surface area contributed by atoms with Gasteiger partial charge in [0.1, 0.15) is 11.6 Å². The van der Waals surface area contributed by atoms with E-state index in [9.17, 15) is 0 Å². The molecule has 4 N–H and O–H groups in total. The molecule has 0 saturated carbocycles. The summed E-state index contributed by atoms with van der Waals surface area (Å²) in [6.07, 6.45) is 2.75. The Labute approximate surface area is 94.9 Å². The lowest BCUT2D eigenvalue weighted by Crippen LogP contribution is -1.98. The van der Waals surface area contributed by atoms with Gasteiger partial charge in [-0.15, -0.1) is 0 Å². The molecule has 1 aromatic heterocycles. The maximum Gasteiger partial charge on any atom is 0.138 e. The summed E-state index contributed by atoms with van der Waals surface area (Å²) in [7, 11) is 0. The third kappa shape index (κ3) is 2.34. The van der Waals surface area contributed by atoms with Crippen molar-refractivity contribution < 1.29 is 0 Å². The monoisotopic (exact) mass is 216 g/mol. The molecule has 4 heteroatoms. The second-order valence-electron chi connectivity index (χ2n) is 3.69. The van der Waals surface area contributed by atoms with Gasteiger partial charge in [-0.2, -0.15) is 0 Å². The molecule has 0 aliphatic heterocycles. The van der Waals surface area contributed by atoms with Crippen molar-refractivity contribution in [2.75, 3.05) is 17.6 Å². The fourth-order valence-electron chi connectivity index (χ4n) is 1.50. The van der Waals surface area contributed by atoms with Gasteiger partial charge in [-0.05, 0) is 30.7 Å². The first-order valence-electron chi connectivity index (χ1n) is 5.44. The first-order valence-corrected chi connectivity index (χ1v) is 5.44. The first kappa shape index (κ1) is 10.5. The minimum atomic E-state index is 0.586. The molecule has 0 atom stereocenters. The SMILES string of the molecule is CCCNc1ccc(-c2ncc(N)[nH]2)cc1. The average Bonchev–Trinajstić information content (AvgIpc) is 2.74. The van der Waals surface area contributed by atoms with E-state index < -0.39 is 0 Å². The van der Waals surface area contributed by atoms with Crippen LogP contribution in [0.25, 0.3) is 11.4 Å². The van der Waals surface area contributed by atoms with Gasteiger partial charge in [0, 0.05) is 17.8 Å². The normalized spacial score (nSPS) is 10.3. The van der Waals surface area contributed by atoms with Crippen LogP contribution in [-0.4, -0.2) is 16.5 Å². The first-order chi connectivity index (χ1) is 7.79. The maximum absolute atomic E-state index is 5.58. The fourth-order valence-corrected chi connectivity index (χ4v) is 1.50. The highest BCUT2D eigenvalue weighted by atomic mass is 15.0. The lowest BCUT2D eigenvalue weighted by atomic mass is 10.2. The number of aromatic nitrogens is 2. The Bertz CT molecular complexity index is 444. The molecule has 0 amide bonds. The van der Waals surface area contributed by atoms with Crippen LogP contribution in [-0.2, 0) is 0 Å². The van der Waals surface area contributed by atoms with Crippen LogP contribution in [0.2, 0.25) is 0 Å². The van der Waals surface area contributed by atoms with Crippen LogP contribution < -0.4 is 11.1 Å². The molecule has 0 bridgehead atoms. The van der Waals surface area contributed by atoms with Crippen LogP contribution in [0.3, 0.4) is 0 Å². The summed E-state index contributed by atoms with van der Waals surface area (Å²) in [6, 6.07) is 8.14. The zero-order valence-electron chi connectivity index (χ0n) is 9.33. The third-order valence-electron chi connectivity index (χ3n) is 2.33. The van der Waals surface area contributed by atoms with Crippen LogP contribution in [0.15, 0.2) is 30.5 Å². The molecule has 1 heterocycles. The number of nitrogens with two attached hydrogens (primary N) is 1. The molecular formula is C12H16N4. The number of aromatic amines is 1. The van der Waals surface area contributed by atoms with E-state index in [1.54, 1.807) is 6.20 Å². The quantitative estimate of drug-likeness (QED) is 0.735. The summed E-state index contributed by atoms with van der Waals surface area (Å²) in [5.74, 6) is 1.39. The standard InChI is InChI=1S/C12H16N4/c1-2-7-14-10-5-3-9(4-6-10)12-15-8-11(13)16-12/h3-6,8,14H,2,7,13H2,1H3,(H,15,16). The van der Waals surface area contributed by atoms with Crippen molar-refractivity contribution in [3.8, 4) is 11.4 Å². The summed E-state index contributed by atoms with van der Waals surface area (Å²) in [5, 5.41) is 3.32. The third-order valence-corrected chi connectivity index (χ3v) is 2.33. The molecule has 84 valence electrons. The van der Waals surface area contributed by atoms with Crippen LogP contribution in [0.1, 0.15) is 13.3 Å². The lowest BCUT2D eigenvalue weighted by Gasteiger charge is -2.04. The molecular weight excluding hydrogens is 200 g/mol. The van der Waals surface area contributed by atoms with Gasteiger partial charge in [-0.25, -0.2) is 4.98 Å². The summed E-state index contributed by atoms with van der Waals surface area (Å²) >= 11 is 0. The number of imidazole rings is 1. The van der Waals surface area contributed by atoms with Crippen molar-refractivity contribution in [1.29, 1.82) is 0 Å². The van der Waals surface area contributed by atoms with E-state index in [4.69, 9.17) is 5.73 Å². The Morgan fingerprint density at radius 2 is 2.06 bits per heavy atom. The van der Waals surface area contributed by atoms with Crippen molar-refractivity contribution >= 4 is 11.5 Å². The van der Waals surface area contributed by atoms with Gasteiger partial charge in [-0.3, -0.25) is 0 Å². The van der Waals surface area contributed by atoms with Gasteiger partial charge >= 0.3 is 0 Å². The van der Waals surface area contributed by atoms with E-state index in [-0.39, 0.29) is 0 Å². The van der Waals surface area contributed by atoms with Gasteiger partial charge in [0.25, 0.3) is 0 Å². The predicted molar refractivity (Wildman–Crippen MR) is 67.2 cm³/mol. The summed E-state index contributed by atoms with van der Waals surface area (Å²) in [6.45, 7) is 3.14. The largest absolute Gasteiger partial charge is 0.385 e. The molecule has 16 heavy (non-hydrogen) atoms. The number of hydrogen-bond donors (Lipinski definition) is 3. The molecule has 0 fully saturated rings. The number of nitrogen functional groups attached to an aromatic ring is 1. The van der Waals surface area contributed by atoms with Gasteiger partial charge in [-0.1, -0.05) is 6.92 Å². The van der Waals surface area contributed by atoms with Crippen LogP contribution in [0.4, 0.5) is 11.5 Å². The lowest BCUT2D eigenvalue weighted by molar-refractivity contribution is 0.980. The molecule has 0 aliphatic rings. The second-order valence-corrected chi connectivity index (χ2v) is 3.69. The van der Waals surface area contributed by atoms with Gasteiger partial charge in [0.15, 0.2) is 0 Å². The number of anilines is 2. The number of H-pyrrole nitrogens is 1. The number of hydrogen-bond acceptors (Lipinski definition) is 3. The van der Waals surface area contributed by atoms with E-state index in [1.807, 2.05) is 24.3 Å². The summed E-state index contributed by atoms with van der Waals surface area (Å²) in [4.78, 5) is 7.18. The Kier molecular flexibility index (Phi) is 3.10. The van der Waals surface area contributed by atoms with Crippen molar-refractivity contribution in [1.82, 2.24) is 9.97 Å². The number of rotatable bonds is 4. The minimum Gasteiger partial charge on any atom is -0.385 e. The van der Waals surface area contributed by atoms with Crippen LogP contribution >= 0.6 is 0 Å². The zero-order chi connectivity index (χ0) is 11.4. The van der Waals surface area contributed by atoms with Crippen molar-refractivity contribution in [3.63, 3.8) is 0 Å². The number of nitrogens with zero attached hydrogens (tertiary/aromatic N) is 1. The smallest absolute Gasteiger partial charge is 0.138 e. The van der Waals surface area contributed by atoms with E-state index in [1.165, 1.54) is 0 Å².